The minimum atomic E-state index is -0.574. The van der Waals surface area contributed by atoms with Gasteiger partial charge in [0.05, 0.1) is 5.56 Å². The Bertz CT molecular complexity index is 1530. The molecule has 10 nitrogen and oxygen atoms in total. The van der Waals surface area contributed by atoms with Crippen LogP contribution in [0.25, 0.3) is 33.3 Å². The number of aromatic amines is 1. The van der Waals surface area contributed by atoms with E-state index in [0.717, 1.165) is 28.0 Å². The summed E-state index contributed by atoms with van der Waals surface area (Å²) in [6, 6.07) is 9.62. The zero-order valence-corrected chi connectivity index (χ0v) is 19.9. The summed E-state index contributed by atoms with van der Waals surface area (Å²) in [6.07, 6.45) is 3.88. The fourth-order valence-electron chi connectivity index (χ4n) is 3.68. The van der Waals surface area contributed by atoms with Crippen molar-refractivity contribution in [2.24, 2.45) is 0 Å². The highest BCUT2D eigenvalue weighted by Crippen LogP contribution is 2.26. The highest BCUT2D eigenvalue weighted by atomic mass is 16.6. The number of benzene rings is 1. The van der Waals surface area contributed by atoms with Crippen molar-refractivity contribution in [1.82, 2.24) is 30.1 Å². The summed E-state index contributed by atoms with van der Waals surface area (Å²) in [5, 5.41) is 9.40. The van der Waals surface area contributed by atoms with Gasteiger partial charge >= 0.3 is 5.97 Å². The Morgan fingerprint density at radius 1 is 1.14 bits per heavy atom. The van der Waals surface area contributed by atoms with Gasteiger partial charge in [0, 0.05) is 43.2 Å². The van der Waals surface area contributed by atoms with Crippen LogP contribution < -0.4 is 5.32 Å². The van der Waals surface area contributed by atoms with Gasteiger partial charge in [-0.05, 0) is 44.4 Å². The first kappa shape index (κ1) is 22.5. The number of hydrogen-bond donors (Lipinski definition) is 2. The smallest absolute Gasteiger partial charge is 0.340 e. The lowest BCUT2D eigenvalue weighted by Crippen LogP contribution is -2.23. The summed E-state index contributed by atoms with van der Waals surface area (Å²) >= 11 is 0. The van der Waals surface area contributed by atoms with E-state index in [9.17, 15) is 4.79 Å². The largest absolute Gasteiger partial charge is 0.456 e. The third kappa shape index (κ3) is 4.96. The molecule has 178 valence electrons. The van der Waals surface area contributed by atoms with Crippen LogP contribution in [-0.4, -0.2) is 48.2 Å². The van der Waals surface area contributed by atoms with E-state index in [2.05, 4.69) is 35.4 Å². The van der Waals surface area contributed by atoms with Crippen LogP contribution in [0.5, 0.6) is 0 Å². The quantitative estimate of drug-likeness (QED) is 0.344. The number of ether oxygens (including phenoxy) is 1. The molecule has 0 spiro atoms. The van der Waals surface area contributed by atoms with Gasteiger partial charge in [-0.15, -0.1) is 0 Å². The Labute approximate surface area is 201 Å². The normalized spacial score (nSPS) is 11.8. The highest BCUT2D eigenvalue weighted by molar-refractivity contribution is 5.94. The van der Waals surface area contributed by atoms with Gasteiger partial charge in [-0.25, -0.2) is 19.7 Å². The van der Waals surface area contributed by atoms with Crippen LogP contribution in [0.4, 0.5) is 5.82 Å². The first-order chi connectivity index (χ1) is 16.7. The topological polar surface area (TPSA) is 132 Å². The molecule has 1 aromatic carbocycles. The van der Waals surface area contributed by atoms with E-state index >= 15 is 0 Å². The molecule has 4 aromatic heterocycles. The number of hydrogen-bond acceptors (Lipinski definition) is 9. The number of imidazole rings is 1. The van der Waals surface area contributed by atoms with Crippen LogP contribution in [0.1, 0.15) is 42.8 Å². The fourth-order valence-corrected chi connectivity index (χ4v) is 3.68. The Morgan fingerprint density at radius 2 is 2.00 bits per heavy atom. The van der Waals surface area contributed by atoms with E-state index in [1.54, 1.807) is 19.2 Å². The molecule has 0 atom stereocenters. The lowest BCUT2D eigenvalue weighted by Gasteiger charge is -2.19. The van der Waals surface area contributed by atoms with Crippen molar-refractivity contribution >= 4 is 33.7 Å². The molecule has 5 aromatic rings. The van der Waals surface area contributed by atoms with Gasteiger partial charge in [0.25, 0.3) is 0 Å². The number of carbonyl (C=O) groups excluding carboxylic acids is 1. The second-order valence-corrected chi connectivity index (χ2v) is 9.19. The molecule has 35 heavy (non-hydrogen) atoms. The van der Waals surface area contributed by atoms with Gasteiger partial charge in [0.1, 0.15) is 22.8 Å². The van der Waals surface area contributed by atoms with Crippen LogP contribution in [0.2, 0.25) is 0 Å². The summed E-state index contributed by atoms with van der Waals surface area (Å²) < 4.78 is 10.5. The first-order valence-corrected chi connectivity index (χ1v) is 11.3. The molecule has 0 aliphatic rings. The fraction of sp³-hybridized carbons (Fsp3) is 0.280. The van der Waals surface area contributed by atoms with Crippen molar-refractivity contribution < 1.29 is 14.1 Å². The summed E-state index contributed by atoms with van der Waals surface area (Å²) in [5.74, 6) is 2.15. The third-order valence-corrected chi connectivity index (χ3v) is 5.23. The van der Waals surface area contributed by atoms with Crippen LogP contribution in [-0.2, 0) is 11.2 Å². The summed E-state index contributed by atoms with van der Waals surface area (Å²) in [6.45, 7) is 7.84. The molecular weight excluding hydrogens is 446 g/mol. The molecule has 4 heterocycles. The SMILES string of the molecule is Cc1nc(-c2ccc3ccnc(NCCc4nc5cc(C(=O)OC(C)(C)C)cnc5[nH]4)c3c2)no1. The Balaban J connectivity index is 1.31. The lowest BCUT2D eigenvalue weighted by atomic mass is 10.1. The number of aryl methyl sites for hydroxylation is 1. The predicted octanol–water partition coefficient (Wildman–Crippen LogP) is 4.47. The monoisotopic (exact) mass is 471 g/mol. The molecule has 5 rings (SSSR count). The minimum Gasteiger partial charge on any atom is -0.456 e. The summed E-state index contributed by atoms with van der Waals surface area (Å²) in [5.41, 5.74) is 1.89. The maximum Gasteiger partial charge on any atom is 0.340 e. The number of anilines is 1. The molecule has 0 radical (unpaired) electrons. The van der Waals surface area contributed by atoms with E-state index in [-0.39, 0.29) is 0 Å². The standard InChI is InChI=1S/C25H25N7O3/c1-14-29-21(32-35-14)16-6-5-15-7-9-26-22(18(15)11-16)27-10-8-20-30-19-12-17(13-28-23(19)31-20)24(33)34-25(2,3)4/h5-7,9,11-13H,8,10H2,1-4H3,(H,26,27)(H,28,30,31). The molecule has 0 saturated carbocycles. The molecule has 10 heteroatoms. The number of rotatable bonds is 6. The second kappa shape index (κ2) is 8.79. The lowest BCUT2D eigenvalue weighted by molar-refractivity contribution is 0.00692. The number of aromatic nitrogens is 6. The molecule has 2 N–H and O–H groups in total. The van der Waals surface area contributed by atoms with Gasteiger partial charge in [-0.2, -0.15) is 4.98 Å². The van der Waals surface area contributed by atoms with Crippen LogP contribution in [0.3, 0.4) is 0 Å². The van der Waals surface area contributed by atoms with Crippen molar-refractivity contribution in [1.29, 1.82) is 0 Å². The third-order valence-electron chi connectivity index (χ3n) is 5.23. The van der Waals surface area contributed by atoms with E-state index in [1.165, 1.54) is 6.20 Å². The summed E-state index contributed by atoms with van der Waals surface area (Å²) in [4.78, 5) is 33.3. The van der Waals surface area contributed by atoms with Crippen molar-refractivity contribution in [3.05, 3.63) is 60.0 Å². The van der Waals surface area contributed by atoms with Gasteiger partial charge in [0.2, 0.25) is 11.7 Å². The molecule has 0 aliphatic carbocycles. The van der Waals surface area contributed by atoms with Gasteiger partial charge < -0.3 is 19.6 Å². The van der Waals surface area contributed by atoms with E-state index in [0.29, 0.717) is 41.4 Å². The number of carbonyl (C=O) groups is 1. The zero-order chi connectivity index (χ0) is 24.6. The van der Waals surface area contributed by atoms with Crippen LogP contribution >= 0.6 is 0 Å². The average Bonchev–Trinajstić information content (AvgIpc) is 3.43. The van der Waals surface area contributed by atoms with E-state index < -0.39 is 11.6 Å². The molecule has 0 saturated heterocycles. The molecule has 0 unspecified atom stereocenters. The van der Waals surface area contributed by atoms with Crippen LogP contribution in [0, 0.1) is 6.92 Å². The first-order valence-electron chi connectivity index (χ1n) is 11.3. The van der Waals surface area contributed by atoms with Crippen molar-refractivity contribution in [3.63, 3.8) is 0 Å². The average molecular weight is 472 g/mol. The molecule has 0 aliphatic heterocycles. The maximum absolute atomic E-state index is 12.3. The van der Waals surface area contributed by atoms with Crippen molar-refractivity contribution in [2.75, 3.05) is 11.9 Å². The Hall–Kier alpha value is -4.34. The number of pyridine rings is 2. The predicted molar refractivity (Wildman–Crippen MR) is 131 cm³/mol. The van der Waals surface area contributed by atoms with E-state index in [1.807, 2.05) is 45.0 Å². The van der Waals surface area contributed by atoms with Gasteiger partial charge in [0.15, 0.2) is 5.65 Å². The number of nitrogens with zero attached hydrogens (tertiary/aromatic N) is 5. The van der Waals surface area contributed by atoms with Crippen molar-refractivity contribution in [2.45, 2.75) is 39.7 Å². The molecular formula is C25H25N7O3. The summed E-state index contributed by atoms with van der Waals surface area (Å²) in [7, 11) is 0. The Morgan fingerprint density at radius 3 is 2.77 bits per heavy atom. The molecule has 0 amide bonds. The minimum absolute atomic E-state index is 0.371. The van der Waals surface area contributed by atoms with E-state index in [4.69, 9.17) is 9.26 Å². The zero-order valence-electron chi connectivity index (χ0n) is 19.9. The number of fused-ring (bicyclic) bond motifs is 2. The Kier molecular flexibility index (Phi) is 5.64. The van der Waals surface area contributed by atoms with Gasteiger partial charge in [-0.1, -0.05) is 17.3 Å². The second-order valence-electron chi connectivity index (χ2n) is 9.19. The number of esters is 1. The number of nitrogens with one attached hydrogen (secondary N) is 2. The van der Waals surface area contributed by atoms with Crippen molar-refractivity contribution in [3.8, 4) is 11.4 Å². The number of H-pyrrole nitrogens is 1. The molecule has 0 bridgehead atoms. The van der Waals surface area contributed by atoms with Crippen LogP contribution in [0.15, 0.2) is 47.2 Å². The van der Waals surface area contributed by atoms with Gasteiger partial charge in [-0.3, -0.25) is 0 Å². The molecule has 0 fully saturated rings. The highest BCUT2D eigenvalue weighted by Gasteiger charge is 2.19. The maximum atomic E-state index is 12.3.